The number of hydrogen-bond donors (Lipinski definition) is 0. The number of piperidine rings is 1. The van der Waals surface area contributed by atoms with E-state index < -0.39 is 38.4 Å². The number of nitrogens with zero attached hydrogens (tertiary/aromatic N) is 2. The van der Waals surface area contributed by atoms with Gasteiger partial charge in [0.05, 0.1) is 22.6 Å². The van der Waals surface area contributed by atoms with Gasteiger partial charge in [0.15, 0.2) is 0 Å². The molecule has 0 aromatic heterocycles. The molecule has 0 unspecified atom stereocenters. The minimum Gasteiger partial charge on any atom is -0.318 e. The molecule has 2 aromatic carbocycles. The zero-order valence-corrected chi connectivity index (χ0v) is 16.9. The summed E-state index contributed by atoms with van der Waals surface area (Å²) in [4.78, 5) is 16.2. The smallest absolute Gasteiger partial charge is 0.318 e. The summed E-state index contributed by atoms with van der Waals surface area (Å²) in [5.74, 6) is -1.31. The molecule has 31 heavy (non-hydrogen) atoms. The number of benzene rings is 2. The first-order valence-corrected chi connectivity index (χ1v) is 10.7. The van der Waals surface area contributed by atoms with Gasteiger partial charge in [0, 0.05) is 25.9 Å². The summed E-state index contributed by atoms with van der Waals surface area (Å²) in [5.41, 5.74) is -0.457. The molecule has 0 aliphatic carbocycles. The van der Waals surface area contributed by atoms with Crippen LogP contribution < -0.4 is 0 Å². The van der Waals surface area contributed by atoms with E-state index >= 15 is 0 Å². The lowest BCUT2D eigenvalue weighted by atomic mass is 10.1. The van der Waals surface area contributed by atoms with Crippen molar-refractivity contribution in [3.63, 3.8) is 0 Å². The summed E-state index contributed by atoms with van der Waals surface area (Å²) in [6.07, 6.45) is -4.67. The van der Waals surface area contributed by atoms with Gasteiger partial charge in [-0.3, -0.25) is 0 Å². The van der Waals surface area contributed by atoms with Crippen LogP contribution in [0.4, 0.5) is 17.6 Å². The highest BCUT2D eigenvalue weighted by molar-refractivity contribution is 7.89. The lowest BCUT2D eigenvalue weighted by Crippen LogP contribution is -2.38. The minimum absolute atomic E-state index is 0.0255. The summed E-state index contributed by atoms with van der Waals surface area (Å²) in [6, 6.07) is 9.29. The molecule has 1 fully saturated rings. The van der Waals surface area contributed by atoms with E-state index in [2.05, 4.69) is 5.16 Å². The Morgan fingerprint density at radius 1 is 1.06 bits per heavy atom. The van der Waals surface area contributed by atoms with E-state index in [1.165, 1.54) is 18.2 Å². The first-order chi connectivity index (χ1) is 14.6. The van der Waals surface area contributed by atoms with E-state index in [0.29, 0.717) is 11.8 Å². The van der Waals surface area contributed by atoms with E-state index in [0.717, 1.165) is 22.5 Å². The predicted molar refractivity (Wildman–Crippen MR) is 103 cm³/mol. The van der Waals surface area contributed by atoms with Gasteiger partial charge in [0.2, 0.25) is 10.0 Å². The number of sulfonamides is 1. The maximum Gasteiger partial charge on any atom is 0.416 e. The lowest BCUT2D eigenvalue weighted by molar-refractivity contribution is -0.143. The molecule has 0 saturated carbocycles. The van der Waals surface area contributed by atoms with Crippen molar-refractivity contribution < 1.29 is 35.6 Å². The minimum atomic E-state index is -4.65. The number of alkyl halides is 3. The maximum atomic E-state index is 13.6. The van der Waals surface area contributed by atoms with Gasteiger partial charge in [-0.05, 0) is 29.8 Å². The molecule has 0 radical (unpaired) electrons. The molecule has 0 amide bonds. The van der Waals surface area contributed by atoms with Crippen molar-refractivity contribution in [2.75, 3.05) is 13.1 Å². The zero-order chi connectivity index (χ0) is 22.6. The van der Waals surface area contributed by atoms with Crippen molar-refractivity contribution in [2.24, 2.45) is 5.16 Å². The number of carbonyl (C=O) groups is 1. The normalized spacial score (nSPS) is 15.5. The molecule has 3 rings (SSSR count). The largest absolute Gasteiger partial charge is 0.416 e. The predicted octanol–water partition coefficient (Wildman–Crippen LogP) is 3.77. The number of halogens is 4. The summed E-state index contributed by atoms with van der Waals surface area (Å²) in [7, 11) is -4.12. The van der Waals surface area contributed by atoms with Crippen LogP contribution in [0.1, 0.15) is 24.0 Å². The van der Waals surface area contributed by atoms with Crippen molar-refractivity contribution in [1.29, 1.82) is 0 Å². The third kappa shape index (κ3) is 5.67. The van der Waals surface area contributed by atoms with Gasteiger partial charge in [-0.2, -0.15) is 17.5 Å². The van der Waals surface area contributed by atoms with Gasteiger partial charge in [-0.25, -0.2) is 17.6 Å². The Kier molecular flexibility index (Phi) is 6.75. The summed E-state index contributed by atoms with van der Waals surface area (Å²) >= 11 is 0. The Labute approximate surface area is 176 Å². The van der Waals surface area contributed by atoms with Crippen molar-refractivity contribution in [2.45, 2.75) is 30.3 Å². The topological polar surface area (TPSA) is 76.0 Å². The molecular weight excluding hydrogens is 440 g/mol. The van der Waals surface area contributed by atoms with Crippen LogP contribution in [0.15, 0.2) is 58.6 Å². The Bertz CT molecular complexity index is 1090. The molecule has 1 saturated heterocycles. The van der Waals surface area contributed by atoms with Gasteiger partial charge < -0.3 is 4.84 Å². The molecule has 6 nitrogen and oxygen atoms in total. The second-order valence-corrected chi connectivity index (χ2v) is 8.76. The third-order valence-electron chi connectivity index (χ3n) is 4.67. The standard InChI is InChI=1S/C20H18F4N2O4S/c21-18-7-2-1-4-14(18)12-19(27)30-25-16-8-10-26(11-9-16)31(28,29)17-6-3-5-15(13-17)20(22,23)24/h1-7,13H,8-12H2. The molecule has 2 aromatic rings. The van der Waals surface area contributed by atoms with E-state index in [9.17, 15) is 30.8 Å². The molecule has 166 valence electrons. The molecule has 0 bridgehead atoms. The zero-order valence-electron chi connectivity index (χ0n) is 16.1. The molecule has 0 spiro atoms. The Morgan fingerprint density at radius 3 is 2.39 bits per heavy atom. The van der Waals surface area contributed by atoms with Crippen LogP contribution in [0, 0.1) is 5.82 Å². The quantitative estimate of drug-likeness (QED) is 0.388. The summed E-state index contributed by atoms with van der Waals surface area (Å²) in [6.45, 7) is -0.0510. The molecule has 0 atom stereocenters. The number of oxime groups is 1. The van der Waals surface area contributed by atoms with Crippen LogP contribution in [0.3, 0.4) is 0 Å². The lowest BCUT2D eigenvalue weighted by Gasteiger charge is -2.26. The Balaban J connectivity index is 1.60. The highest BCUT2D eigenvalue weighted by atomic mass is 32.2. The summed E-state index contributed by atoms with van der Waals surface area (Å²) < 4.78 is 78.6. The Hall–Kier alpha value is -2.79. The number of hydrogen-bond acceptors (Lipinski definition) is 5. The van der Waals surface area contributed by atoms with Crippen molar-refractivity contribution >= 4 is 21.7 Å². The van der Waals surface area contributed by atoms with E-state index in [4.69, 9.17) is 4.84 Å². The van der Waals surface area contributed by atoms with Crippen LogP contribution >= 0.6 is 0 Å². The van der Waals surface area contributed by atoms with Crippen LogP contribution in [-0.2, 0) is 32.3 Å². The van der Waals surface area contributed by atoms with E-state index in [1.807, 2.05) is 0 Å². The van der Waals surface area contributed by atoms with Crippen LogP contribution in [-0.4, -0.2) is 37.5 Å². The number of rotatable bonds is 5. The maximum absolute atomic E-state index is 13.6. The van der Waals surface area contributed by atoms with Gasteiger partial charge >= 0.3 is 12.1 Å². The monoisotopic (exact) mass is 458 g/mol. The first-order valence-electron chi connectivity index (χ1n) is 9.24. The average Bonchev–Trinajstić information content (AvgIpc) is 2.74. The fourth-order valence-corrected chi connectivity index (χ4v) is 4.49. The van der Waals surface area contributed by atoms with Gasteiger partial charge in [0.1, 0.15) is 5.82 Å². The van der Waals surface area contributed by atoms with E-state index in [-0.39, 0.29) is 37.9 Å². The van der Waals surface area contributed by atoms with Crippen molar-refractivity contribution in [3.8, 4) is 0 Å². The SMILES string of the molecule is O=C(Cc1ccccc1F)ON=C1CCN(S(=O)(=O)c2cccc(C(F)(F)F)c2)CC1. The molecule has 1 aliphatic rings. The van der Waals surface area contributed by atoms with Gasteiger partial charge in [0.25, 0.3) is 0 Å². The van der Waals surface area contributed by atoms with E-state index in [1.54, 1.807) is 6.07 Å². The fraction of sp³-hybridized carbons (Fsp3) is 0.300. The second-order valence-electron chi connectivity index (χ2n) is 6.82. The van der Waals surface area contributed by atoms with Crippen LogP contribution in [0.2, 0.25) is 0 Å². The summed E-state index contributed by atoms with van der Waals surface area (Å²) in [5, 5.41) is 3.72. The average molecular weight is 458 g/mol. The van der Waals surface area contributed by atoms with Crippen LogP contribution in [0.5, 0.6) is 0 Å². The molecule has 11 heteroatoms. The Morgan fingerprint density at radius 2 is 1.74 bits per heavy atom. The highest BCUT2D eigenvalue weighted by Gasteiger charge is 2.33. The van der Waals surface area contributed by atoms with Gasteiger partial charge in [-0.15, -0.1) is 0 Å². The fourth-order valence-electron chi connectivity index (χ4n) is 3.00. The third-order valence-corrected chi connectivity index (χ3v) is 6.56. The molecule has 1 aliphatic heterocycles. The molecule has 0 N–H and O–H groups in total. The first kappa shape index (κ1) is 22.9. The molecule has 1 heterocycles. The molecular formula is C20H18F4N2O4S. The highest BCUT2D eigenvalue weighted by Crippen LogP contribution is 2.31. The van der Waals surface area contributed by atoms with Crippen LogP contribution in [0.25, 0.3) is 0 Å². The van der Waals surface area contributed by atoms with Crippen molar-refractivity contribution in [3.05, 3.63) is 65.5 Å². The number of carbonyl (C=O) groups excluding carboxylic acids is 1. The van der Waals surface area contributed by atoms with Crippen molar-refractivity contribution in [1.82, 2.24) is 4.31 Å². The van der Waals surface area contributed by atoms with Gasteiger partial charge in [-0.1, -0.05) is 29.4 Å². The second kappa shape index (κ2) is 9.15.